The molecule has 0 bridgehead atoms. The molecule has 17 heavy (non-hydrogen) atoms. The Kier molecular flexibility index (Phi) is 3.67. The van der Waals surface area contributed by atoms with Crippen LogP contribution in [0, 0.1) is 12.8 Å². The van der Waals surface area contributed by atoms with Crippen LogP contribution in [0.15, 0.2) is 12.1 Å². The van der Waals surface area contributed by atoms with E-state index in [9.17, 15) is 0 Å². The van der Waals surface area contributed by atoms with E-state index in [0.717, 1.165) is 18.1 Å². The van der Waals surface area contributed by atoms with Gasteiger partial charge in [0.1, 0.15) is 5.82 Å². The van der Waals surface area contributed by atoms with E-state index in [0.29, 0.717) is 18.5 Å². The zero-order chi connectivity index (χ0) is 12.4. The lowest BCUT2D eigenvalue weighted by molar-refractivity contribution is 0.488. The molecule has 1 aromatic rings. The molecule has 1 saturated heterocycles. The second-order valence-electron chi connectivity index (χ2n) is 5.29. The van der Waals surface area contributed by atoms with Gasteiger partial charge in [0.15, 0.2) is 0 Å². The number of pyridine rings is 1. The molecule has 1 aliphatic heterocycles. The zero-order valence-electron chi connectivity index (χ0n) is 11.1. The normalized spacial score (nSPS) is 20.3. The van der Waals surface area contributed by atoms with Crippen molar-refractivity contribution < 1.29 is 0 Å². The smallest absolute Gasteiger partial charge is 0.133 e. The van der Waals surface area contributed by atoms with Gasteiger partial charge in [-0.2, -0.15) is 0 Å². The highest BCUT2D eigenvalue weighted by molar-refractivity contribution is 5.49. The SMILES string of the molecule is Cc1ccc(CN)c(N2CCCC2C(C)C)n1. The number of rotatable bonds is 3. The first kappa shape index (κ1) is 12.4. The van der Waals surface area contributed by atoms with Crippen molar-refractivity contribution in [1.29, 1.82) is 0 Å². The van der Waals surface area contributed by atoms with E-state index < -0.39 is 0 Å². The van der Waals surface area contributed by atoms with E-state index in [4.69, 9.17) is 10.7 Å². The number of aromatic nitrogens is 1. The fourth-order valence-corrected chi connectivity index (χ4v) is 2.73. The van der Waals surface area contributed by atoms with Crippen LogP contribution in [0.3, 0.4) is 0 Å². The number of aryl methyl sites for hydroxylation is 1. The minimum atomic E-state index is 0.573. The maximum atomic E-state index is 5.82. The first-order valence-electron chi connectivity index (χ1n) is 6.56. The average molecular weight is 233 g/mol. The summed E-state index contributed by atoms with van der Waals surface area (Å²) < 4.78 is 0. The third-order valence-corrected chi connectivity index (χ3v) is 3.66. The minimum Gasteiger partial charge on any atom is -0.353 e. The average Bonchev–Trinajstić information content (AvgIpc) is 2.77. The molecule has 0 spiro atoms. The summed E-state index contributed by atoms with van der Waals surface area (Å²) in [6.45, 7) is 8.32. The van der Waals surface area contributed by atoms with E-state index in [1.165, 1.54) is 18.4 Å². The number of nitrogens with two attached hydrogens (primary N) is 1. The molecule has 2 heterocycles. The monoisotopic (exact) mass is 233 g/mol. The Hall–Kier alpha value is -1.09. The first-order valence-corrected chi connectivity index (χ1v) is 6.56. The molecule has 2 rings (SSSR count). The molecule has 1 atom stereocenters. The van der Waals surface area contributed by atoms with Gasteiger partial charge in [0.25, 0.3) is 0 Å². The maximum absolute atomic E-state index is 5.82. The van der Waals surface area contributed by atoms with Crippen molar-refractivity contribution in [2.75, 3.05) is 11.4 Å². The second kappa shape index (κ2) is 5.05. The molecule has 0 amide bonds. The summed E-state index contributed by atoms with van der Waals surface area (Å²) in [5, 5.41) is 0. The Morgan fingerprint density at radius 2 is 2.24 bits per heavy atom. The number of nitrogens with zero attached hydrogens (tertiary/aromatic N) is 2. The first-order chi connectivity index (χ1) is 8.13. The Morgan fingerprint density at radius 1 is 1.47 bits per heavy atom. The summed E-state index contributed by atoms with van der Waals surface area (Å²) in [4.78, 5) is 7.16. The van der Waals surface area contributed by atoms with Crippen LogP contribution in [0.5, 0.6) is 0 Å². The van der Waals surface area contributed by atoms with Crippen molar-refractivity contribution in [1.82, 2.24) is 4.98 Å². The lowest BCUT2D eigenvalue weighted by Gasteiger charge is -2.30. The van der Waals surface area contributed by atoms with Crippen LogP contribution >= 0.6 is 0 Å². The number of hydrogen-bond donors (Lipinski definition) is 1. The van der Waals surface area contributed by atoms with E-state index in [-0.39, 0.29) is 0 Å². The molecule has 0 aromatic carbocycles. The third kappa shape index (κ3) is 2.44. The van der Waals surface area contributed by atoms with Crippen LogP contribution in [0.1, 0.15) is 37.9 Å². The van der Waals surface area contributed by atoms with Crippen LogP contribution < -0.4 is 10.6 Å². The lowest BCUT2D eigenvalue weighted by atomic mass is 10.0. The quantitative estimate of drug-likeness (QED) is 0.872. The Balaban J connectivity index is 2.35. The van der Waals surface area contributed by atoms with Gasteiger partial charge in [-0.05, 0) is 31.7 Å². The Labute approximate surface area is 104 Å². The molecule has 0 radical (unpaired) electrons. The minimum absolute atomic E-state index is 0.573. The molecule has 0 saturated carbocycles. The molecule has 1 aliphatic rings. The largest absolute Gasteiger partial charge is 0.353 e. The molecular weight excluding hydrogens is 210 g/mol. The second-order valence-corrected chi connectivity index (χ2v) is 5.29. The van der Waals surface area contributed by atoms with E-state index in [2.05, 4.69) is 24.8 Å². The van der Waals surface area contributed by atoms with Gasteiger partial charge >= 0.3 is 0 Å². The van der Waals surface area contributed by atoms with Crippen molar-refractivity contribution in [2.24, 2.45) is 11.7 Å². The number of anilines is 1. The van der Waals surface area contributed by atoms with E-state index >= 15 is 0 Å². The topological polar surface area (TPSA) is 42.1 Å². The van der Waals surface area contributed by atoms with E-state index in [1.54, 1.807) is 0 Å². The van der Waals surface area contributed by atoms with Crippen LogP contribution in [-0.2, 0) is 6.54 Å². The molecule has 1 fully saturated rings. The highest BCUT2D eigenvalue weighted by atomic mass is 15.2. The molecular formula is C14H23N3. The maximum Gasteiger partial charge on any atom is 0.133 e. The van der Waals surface area contributed by atoms with Gasteiger partial charge in [-0.25, -0.2) is 4.98 Å². The van der Waals surface area contributed by atoms with Gasteiger partial charge in [-0.1, -0.05) is 19.9 Å². The molecule has 1 unspecified atom stereocenters. The number of hydrogen-bond acceptors (Lipinski definition) is 3. The zero-order valence-corrected chi connectivity index (χ0v) is 11.1. The summed E-state index contributed by atoms with van der Waals surface area (Å²) in [6, 6.07) is 4.79. The van der Waals surface area contributed by atoms with Crippen molar-refractivity contribution in [3.8, 4) is 0 Å². The van der Waals surface area contributed by atoms with Crippen LogP contribution in [0.2, 0.25) is 0 Å². The van der Waals surface area contributed by atoms with Crippen molar-refractivity contribution in [2.45, 2.75) is 46.2 Å². The highest BCUT2D eigenvalue weighted by Gasteiger charge is 2.29. The standard InChI is InChI=1S/C14H23N3/c1-10(2)13-5-4-8-17(13)14-12(9-15)7-6-11(3)16-14/h6-7,10,13H,4-5,8-9,15H2,1-3H3. The molecule has 2 N–H and O–H groups in total. The van der Waals surface area contributed by atoms with Gasteiger partial charge in [-0.3, -0.25) is 0 Å². The van der Waals surface area contributed by atoms with Gasteiger partial charge in [0.05, 0.1) is 0 Å². The summed E-state index contributed by atoms with van der Waals surface area (Å²) in [7, 11) is 0. The fourth-order valence-electron chi connectivity index (χ4n) is 2.73. The predicted octanol–water partition coefficient (Wildman–Crippen LogP) is 2.47. The molecule has 94 valence electrons. The van der Waals surface area contributed by atoms with Gasteiger partial charge in [-0.15, -0.1) is 0 Å². The molecule has 3 nitrogen and oxygen atoms in total. The van der Waals surface area contributed by atoms with Crippen molar-refractivity contribution in [3.05, 3.63) is 23.4 Å². The van der Waals surface area contributed by atoms with Crippen molar-refractivity contribution in [3.63, 3.8) is 0 Å². The van der Waals surface area contributed by atoms with Crippen molar-refractivity contribution >= 4 is 5.82 Å². The molecule has 0 aliphatic carbocycles. The third-order valence-electron chi connectivity index (χ3n) is 3.66. The highest BCUT2D eigenvalue weighted by Crippen LogP contribution is 2.30. The summed E-state index contributed by atoms with van der Waals surface area (Å²) in [6.07, 6.45) is 2.54. The summed E-state index contributed by atoms with van der Waals surface area (Å²) >= 11 is 0. The van der Waals surface area contributed by atoms with E-state index in [1.807, 2.05) is 13.0 Å². The fraction of sp³-hybridized carbons (Fsp3) is 0.643. The lowest BCUT2D eigenvalue weighted by Crippen LogP contribution is -2.35. The summed E-state index contributed by atoms with van der Waals surface area (Å²) in [5.74, 6) is 1.79. The molecule has 1 aromatic heterocycles. The Bertz CT molecular complexity index is 387. The Morgan fingerprint density at radius 3 is 2.88 bits per heavy atom. The van der Waals surface area contributed by atoms with Gasteiger partial charge in [0, 0.05) is 30.4 Å². The van der Waals surface area contributed by atoms with Crippen LogP contribution in [0.25, 0.3) is 0 Å². The van der Waals surface area contributed by atoms with Gasteiger partial charge < -0.3 is 10.6 Å². The van der Waals surface area contributed by atoms with Crippen LogP contribution in [0.4, 0.5) is 5.82 Å². The van der Waals surface area contributed by atoms with Gasteiger partial charge in [0.2, 0.25) is 0 Å². The predicted molar refractivity (Wildman–Crippen MR) is 72.1 cm³/mol. The molecule has 3 heteroatoms. The summed E-state index contributed by atoms with van der Waals surface area (Å²) in [5.41, 5.74) is 8.07. The van der Waals surface area contributed by atoms with Crippen LogP contribution in [-0.4, -0.2) is 17.6 Å².